The molecule has 2 rings (SSSR count). The van der Waals surface area contributed by atoms with Crippen LogP contribution in [-0.4, -0.2) is 24.0 Å². The minimum atomic E-state index is -0.377. The molecule has 2 aromatic carbocycles. The molecule has 0 aliphatic heterocycles. The first kappa shape index (κ1) is 16.6. The number of ether oxygens (including phenoxy) is 1. The van der Waals surface area contributed by atoms with Gasteiger partial charge in [-0.15, -0.1) is 0 Å². The Morgan fingerprint density at radius 3 is 1.83 bits per heavy atom. The molecule has 0 amide bonds. The Morgan fingerprint density at radius 1 is 0.783 bits per heavy atom. The minimum absolute atomic E-state index is 0.257. The second kappa shape index (κ2) is 8.03. The molecule has 0 unspecified atom stereocenters. The Kier molecular flexibility index (Phi) is 5.80. The number of carbonyl (C=O) groups is 3. The molecule has 0 fully saturated rings. The number of hydrogen-bond acceptors (Lipinski definition) is 4. The summed E-state index contributed by atoms with van der Waals surface area (Å²) in [7, 11) is 0. The van der Waals surface area contributed by atoms with Gasteiger partial charge in [-0.05, 0) is 31.2 Å². The molecule has 0 radical (unpaired) electrons. The normalized spacial score (nSPS) is 10.1. The highest BCUT2D eigenvalue weighted by Gasteiger charge is 2.16. The van der Waals surface area contributed by atoms with Crippen LogP contribution in [0.5, 0.6) is 5.75 Å². The van der Waals surface area contributed by atoms with E-state index < -0.39 is 0 Å². The van der Waals surface area contributed by atoms with Gasteiger partial charge in [0.15, 0.2) is 11.6 Å². The van der Waals surface area contributed by atoms with Crippen molar-refractivity contribution in [1.29, 1.82) is 0 Å². The van der Waals surface area contributed by atoms with Crippen molar-refractivity contribution in [3.05, 3.63) is 65.7 Å². The lowest BCUT2D eigenvalue weighted by Gasteiger charge is -2.04. The third-order valence-electron chi connectivity index (χ3n) is 3.30. The smallest absolute Gasteiger partial charge is 0.170 e. The standard InChI is InChI=1S/C19H18O4/c1-2-23-17-10-8-15(9-11-17)19(22)13-16(20)12-18(21)14-6-4-3-5-7-14/h3-11H,2,12-13H2,1H3. The Hall–Kier alpha value is -2.75. The zero-order valence-electron chi connectivity index (χ0n) is 13.0. The molecule has 4 nitrogen and oxygen atoms in total. The van der Waals surface area contributed by atoms with Gasteiger partial charge < -0.3 is 4.74 Å². The number of benzene rings is 2. The van der Waals surface area contributed by atoms with Crippen LogP contribution in [0.2, 0.25) is 0 Å². The van der Waals surface area contributed by atoms with Crippen LogP contribution >= 0.6 is 0 Å². The van der Waals surface area contributed by atoms with Crippen molar-refractivity contribution in [1.82, 2.24) is 0 Å². The van der Waals surface area contributed by atoms with E-state index in [-0.39, 0.29) is 30.2 Å². The highest BCUT2D eigenvalue weighted by atomic mass is 16.5. The van der Waals surface area contributed by atoms with Crippen molar-refractivity contribution in [2.75, 3.05) is 6.61 Å². The van der Waals surface area contributed by atoms with E-state index in [1.165, 1.54) is 0 Å². The maximum Gasteiger partial charge on any atom is 0.170 e. The van der Waals surface area contributed by atoms with E-state index >= 15 is 0 Å². The van der Waals surface area contributed by atoms with Crippen LogP contribution in [0.3, 0.4) is 0 Å². The van der Waals surface area contributed by atoms with Gasteiger partial charge in [0, 0.05) is 11.1 Å². The largest absolute Gasteiger partial charge is 0.494 e. The van der Waals surface area contributed by atoms with E-state index in [1.54, 1.807) is 54.6 Å². The maximum atomic E-state index is 12.1. The quantitative estimate of drug-likeness (QED) is 0.553. The molecule has 0 aliphatic rings. The van der Waals surface area contributed by atoms with Gasteiger partial charge in [-0.25, -0.2) is 0 Å². The number of rotatable bonds is 8. The van der Waals surface area contributed by atoms with E-state index in [2.05, 4.69) is 0 Å². The molecular weight excluding hydrogens is 292 g/mol. The molecule has 2 aromatic rings. The van der Waals surface area contributed by atoms with E-state index in [0.29, 0.717) is 23.5 Å². The Balaban J connectivity index is 1.92. The molecule has 0 spiro atoms. The highest BCUT2D eigenvalue weighted by molar-refractivity contribution is 6.15. The molecule has 0 N–H and O–H groups in total. The number of hydrogen-bond donors (Lipinski definition) is 0. The molecule has 0 aliphatic carbocycles. The SMILES string of the molecule is CCOc1ccc(C(=O)CC(=O)CC(=O)c2ccccc2)cc1. The van der Waals surface area contributed by atoms with Gasteiger partial charge in [-0.1, -0.05) is 30.3 Å². The fraction of sp³-hybridized carbons (Fsp3) is 0.211. The summed E-state index contributed by atoms with van der Waals surface area (Å²) in [5.74, 6) is -0.263. The maximum absolute atomic E-state index is 12.1. The summed E-state index contributed by atoms with van der Waals surface area (Å²) in [5.41, 5.74) is 0.920. The molecule has 0 bridgehead atoms. The van der Waals surface area contributed by atoms with Crippen LogP contribution in [0.1, 0.15) is 40.5 Å². The van der Waals surface area contributed by atoms with Gasteiger partial charge in [-0.3, -0.25) is 14.4 Å². The fourth-order valence-electron chi connectivity index (χ4n) is 2.15. The van der Waals surface area contributed by atoms with Crippen LogP contribution < -0.4 is 4.74 Å². The molecule has 0 saturated heterocycles. The summed E-state index contributed by atoms with van der Waals surface area (Å²) in [4.78, 5) is 35.9. The van der Waals surface area contributed by atoms with Gasteiger partial charge >= 0.3 is 0 Å². The first-order valence-corrected chi connectivity index (χ1v) is 7.46. The van der Waals surface area contributed by atoms with Crippen LogP contribution in [0.4, 0.5) is 0 Å². The minimum Gasteiger partial charge on any atom is -0.494 e. The summed E-state index contributed by atoms with van der Waals surface area (Å²) in [6.45, 7) is 2.43. The first-order chi connectivity index (χ1) is 11.1. The van der Waals surface area contributed by atoms with E-state index in [1.807, 2.05) is 6.92 Å². The summed E-state index contributed by atoms with van der Waals surface area (Å²) in [6.07, 6.45) is -0.528. The van der Waals surface area contributed by atoms with Crippen molar-refractivity contribution in [2.24, 2.45) is 0 Å². The van der Waals surface area contributed by atoms with E-state index in [0.717, 1.165) is 0 Å². The summed E-state index contributed by atoms with van der Waals surface area (Å²) < 4.78 is 5.30. The fourth-order valence-corrected chi connectivity index (χ4v) is 2.15. The number of ketones is 3. The highest BCUT2D eigenvalue weighted by Crippen LogP contribution is 2.14. The van der Waals surface area contributed by atoms with Crippen molar-refractivity contribution in [3.63, 3.8) is 0 Å². The molecule has 0 atom stereocenters. The third-order valence-corrected chi connectivity index (χ3v) is 3.30. The monoisotopic (exact) mass is 310 g/mol. The van der Waals surface area contributed by atoms with Gasteiger partial charge in [0.1, 0.15) is 11.5 Å². The predicted octanol–water partition coefficient (Wildman–Crippen LogP) is 3.50. The molecule has 23 heavy (non-hydrogen) atoms. The molecule has 118 valence electrons. The molecule has 0 saturated carbocycles. The average molecular weight is 310 g/mol. The zero-order chi connectivity index (χ0) is 16.7. The lowest BCUT2D eigenvalue weighted by Crippen LogP contribution is -2.13. The second-order valence-corrected chi connectivity index (χ2v) is 5.06. The van der Waals surface area contributed by atoms with E-state index in [4.69, 9.17) is 4.74 Å². The van der Waals surface area contributed by atoms with E-state index in [9.17, 15) is 14.4 Å². The van der Waals surface area contributed by atoms with Crippen molar-refractivity contribution in [2.45, 2.75) is 19.8 Å². The molecule has 0 heterocycles. The molecule has 0 aromatic heterocycles. The van der Waals surface area contributed by atoms with Gasteiger partial charge in [0.2, 0.25) is 0 Å². The van der Waals surface area contributed by atoms with Gasteiger partial charge in [-0.2, -0.15) is 0 Å². The average Bonchev–Trinajstić information content (AvgIpc) is 2.56. The Morgan fingerprint density at radius 2 is 1.30 bits per heavy atom. The van der Waals surface area contributed by atoms with Crippen LogP contribution in [0, 0.1) is 0 Å². The predicted molar refractivity (Wildman–Crippen MR) is 87.0 cm³/mol. The lowest BCUT2D eigenvalue weighted by atomic mass is 10.0. The van der Waals surface area contributed by atoms with Crippen molar-refractivity contribution in [3.8, 4) is 5.75 Å². The third kappa shape index (κ3) is 4.88. The number of Topliss-reactive ketones (excluding diaryl/α,β-unsaturated/α-hetero) is 3. The van der Waals surface area contributed by atoms with Gasteiger partial charge in [0.25, 0.3) is 0 Å². The summed E-state index contributed by atoms with van der Waals surface area (Å²) >= 11 is 0. The van der Waals surface area contributed by atoms with Crippen molar-refractivity contribution >= 4 is 17.3 Å². The number of carbonyl (C=O) groups excluding carboxylic acids is 3. The topological polar surface area (TPSA) is 60.4 Å². The lowest BCUT2D eigenvalue weighted by molar-refractivity contribution is -0.117. The van der Waals surface area contributed by atoms with Crippen LogP contribution in [0.25, 0.3) is 0 Å². The Bertz CT molecular complexity index is 687. The second-order valence-electron chi connectivity index (χ2n) is 5.06. The summed E-state index contributed by atoms with van der Waals surface area (Å²) in [6, 6.07) is 15.2. The van der Waals surface area contributed by atoms with Gasteiger partial charge in [0.05, 0.1) is 19.4 Å². The molecular formula is C19H18O4. The Labute approximate surface area is 135 Å². The summed E-state index contributed by atoms with van der Waals surface area (Å²) in [5, 5.41) is 0. The van der Waals surface area contributed by atoms with Crippen molar-refractivity contribution < 1.29 is 19.1 Å². The van der Waals surface area contributed by atoms with Crippen LogP contribution in [0.15, 0.2) is 54.6 Å². The van der Waals surface area contributed by atoms with Crippen LogP contribution in [-0.2, 0) is 4.79 Å². The first-order valence-electron chi connectivity index (χ1n) is 7.46. The molecule has 4 heteroatoms. The zero-order valence-corrected chi connectivity index (χ0v) is 13.0.